The monoisotopic (exact) mass is 391 g/mol. The fourth-order valence-electron chi connectivity index (χ4n) is 2.09. The van der Waals surface area contributed by atoms with Gasteiger partial charge in [0.05, 0.1) is 17.1 Å². The number of esters is 1. The highest BCUT2D eigenvalue weighted by Gasteiger charge is 2.27. The molecule has 0 radical (unpaired) electrons. The van der Waals surface area contributed by atoms with Gasteiger partial charge in [-0.3, -0.25) is 4.79 Å². The van der Waals surface area contributed by atoms with Gasteiger partial charge in [0, 0.05) is 19.7 Å². The molecule has 0 spiro atoms. The maximum Gasteiger partial charge on any atom is 0.339 e. The number of halogens is 1. The molecule has 0 aromatic heterocycles. The van der Waals surface area contributed by atoms with Gasteiger partial charge >= 0.3 is 5.97 Å². The van der Waals surface area contributed by atoms with Crippen molar-refractivity contribution < 1.29 is 19.1 Å². The Hall–Kier alpha value is -2.34. The quantitative estimate of drug-likeness (QED) is 0.732. The van der Waals surface area contributed by atoms with Crippen LogP contribution in [0.15, 0.2) is 53.0 Å². The number of likely N-dealkylation sites (N-methyl/N-ethyl adjacent to an activating group) is 1. The minimum absolute atomic E-state index is 0.304. The zero-order chi connectivity index (χ0) is 17.7. The van der Waals surface area contributed by atoms with Crippen molar-refractivity contribution in [1.82, 2.24) is 4.90 Å². The first-order valence-electron chi connectivity index (χ1n) is 7.24. The summed E-state index contributed by atoms with van der Waals surface area (Å²) in [7, 11) is 4.78. The average molecular weight is 392 g/mol. The van der Waals surface area contributed by atoms with Crippen molar-refractivity contribution in [1.29, 1.82) is 0 Å². The second kappa shape index (κ2) is 7.97. The molecule has 24 heavy (non-hydrogen) atoms. The molecule has 0 fully saturated rings. The average Bonchev–Trinajstić information content (AvgIpc) is 2.59. The second-order valence-corrected chi connectivity index (χ2v) is 6.13. The van der Waals surface area contributed by atoms with Crippen LogP contribution in [-0.2, 0) is 9.53 Å². The third-order valence-corrected chi connectivity index (χ3v) is 4.00. The van der Waals surface area contributed by atoms with Gasteiger partial charge in [-0.1, -0.05) is 30.3 Å². The molecule has 1 amide bonds. The van der Waals surface area contributed by atoms with E-state index in [9.17, 15) is 9.59 Å². The predicted octanol–water partition coefficient (Wildman–Crippen LogP) is 3.44. The molecule has 0 aliphatic carbocycles. The number of carbonyl (C=O) groups is 2. The number of benzene rings is 2. The van der Waals surface area contributed by atoms with E-state index in [-0.39, 0.29) is 5.91 Å². The van der Waals surface area contributed by atoms with E-state index in [1.807, 2.05) is 6.07 Å². The van der Waals surface area contributed by atoms with Gasteiger partial charge in [-0.2, -0.15) is 0 Å². The summed E-state index contributed by atoms with van der Waals surface area (Å²) < 4.78 is 11.3. The Kier molecular flexibility index (Phi) is 5.98. The van der Waals surface area contributed by atoms with E-state index < -0.39 is 12.1 Å². The van der Waals surface area contributed by atoms with Crippen LogP contribution in [0.1, 0.15) is 22.0 Å². The molecule has 0 unspecified atom stereocenters. The van der Waals surface area contributed by atoms with Crippen LogP contribution in [0, 0.1) is 0 Å². The number of amides is 1. The summed E-state index contributed by atoms with van der Waals surface area (Å²) in [5.74, 6) is -0.278. The van der Waals surface area contributed by atoms with Gasteiger partial charge < -0.3 is 14.4 Å². The van der Waals surface area contributed by atoms with Crippen LogP contribution in [-0.4, -0.2) is 38.0 Å². The molecule has 0 N–H and O–H groups in total. The van der Waals surface area contributed by atoms with E-state index in [1.54, 1.807) is 63.7 Å². The van der Waals surface area contributed by atoms with Crippen LogP contribution in [0.3, 0.4) is 0 Å². The summed E-state index contributed by atoms with van der Waals surface area (Å²) in [5, 5.41) is 0. The number of hydrogen-bond acceptors (Lipinski definition) is 4. The first-order chi connectivity index (χ1) is 11.4. The molecule has 0 bridgehead atoms. The summed E-state index contributed by atoms with van der Waals surface area (Å²) in [6.45, 7) is 0. The van der Waals surface area contributed by atoms with Crippen LogP contribution in [0.25, 0.3) is 0 Å². The number of nitrogens with zero attached hydrogens (tertiary/aromatic N) is 1. The van der Waals surface area contributed by atoms with Crippen molar-refractivity contribution in [3.8, 4) is 5.75 Å². The third kappa shape index (κ3) is 4.14. The number of ether oxygens (including phenoxy) is 2. The highest BCUT2D eigenvalue weighted by molar-refractivity contribution is 9.10. The van der Waals surface area contributed by atoms with Gasteiger partial charge in [0.25, 0.3) is 5.91 Å². The van der Waals surface area contributed by atoms with Crippen LogP contribution in [0.5, 0.6) is 5.75 Å². The van der Waals surface area contributed by atoms with E-state index >= 15 is 0 Å². The Bertz CT molecular complexity index is 731. The van der Waals surface area contributed by atoms with Crippen LogP contribution < -0.4 is 4.74 Å². The van der Waals surface area contributed by atoms with Gasteiger partial charge in [0.2, 0.25) is 6.10 Å². The molecule has 1 atom stereocenters. The zero-order valence-corrected chi connectivity index (χ0v) is 15.2. The lowest BCUT2D eigenvalue weighted by Crippen LogP contribution is -2.31. The van der Waals surface area contributed by atoms with E-state index in [1.165, 1.54) is 4.90 Å². The molecular weight excluding hydrogens is 374 g/mol. The number of carbonyl (C=O) groups excluding carboxylic acids is 2. The standard InChI is InChI=1S/C18H18BrNO4/c1-20(2)17(21)16(12-7-5-4-6-8-12)24-18(22)13-9-10-15(23-3)14(19)11-13/h4-11,16H,1-3H3/t16-/m0/s1. The predicted molar refractivity (Wildman–Crippen MR) is 94.0 cm³/mol. The Balaban J connectivity index is 2.27. The summed E-state index contributed by atoms with van der Waals surface area (Å²) in [4.78, 5) is 26.2. The van der Waals surface area contributed by atoms with Crippen molar-refractivity contribution in [3.05, 3.63) is 64.1 Å². The molecular formula is C18H18BrNO4. The topological polar surface area (TPSA) is 55.8 Å². The minimum Gasteiger partial charge on any atom is -0.496 e. The highest BCUT2D eigenvalue weighted by Crippen LogP contribution is 2.27. The smallest absolute Gasteiger partial charge is 0.339 e. The highest BCUT2D eigenvalue weighted by atomic mass is 79.9. The first-order valence-corrected chi connectivity index (χ1v) is 8.04. The van der Waals surface area contributed by atoms with Crippen molar-refractivity contribution >= 4 is 27.8 Å². The van der Waals surface area contributed by atoms with Crippen LogP contribution >= 0.6 is 15.9 Å². The van der Waals surface area contributed by atoms with E-state index in [2.05, 4.69) is 15.9 Å². The maximum absolute atomic E-state index is 12.5. The lowest BCUT2D eigenvalue weighted by Gasteiger charge is -2.21. The zero-order valence-electron chi connectivity index (χ0n) is 13.7. The third-order valence-electron chi connectivity index (χ3n) is 3.38. The molecule has 0 aliphatic rings. The Labute approximate surface area is 149 Å². The van der Waals surface area contributed by atoms with E-state index in [0.29, 0.717) is 21.3 Å². The van der Waals surface area contributed by atoms with Crippen molar-refractivity contribution in [2.75, 3.05) is 21.2 Å². The molecule has 0 saturated carbocycles. The van der Waals surface area contributed by atoms with Crippen molar-refractivity contribution in [3.63, 3.8) is 0 Å². The Morgan fingerprint density at radius 1 is 1.08 bits per heavy atom. The van der Waals surface area contributed by atoms with E-state index in [0.717, 1.165) is 0 Å². The second-order valence-electron chi connectivity index (χ2n) is 5.28. The first kappa shape index (κ1) is 18.0. The van der Waals surface area contributed by atoms with Crippen molar-refractivity contribution in [2.45, 2.75) is 6.10 Å². The van der Waals surface area contributed by atoms with Crippen LogP contribution in [0.2, 0.25) is 0 Å². The Morgan fingerprint density at radius 2 is 1.75 bits per heavy atom. The molecule has 6 heteroatoms. The lowest BCUT2D eigenvalue weighted by molar-refractivity contribution is -0.138. The van der Waals surface area contributed by atoms with Crippen LogP contribution in [0.4, 0.5) is 0 Å². The number of hydrogen-bond donors (Lipinski definition) is 0. The van der Waals surface area contributed by atoms with Gasteiger partial charge in [-0.25, -0.2) is 4.79 Å². The Morgan fingerprint density at radius 3 is 2.29 bits per heavy atom. The molecule has 2 aromatic rings. The van der Waals surface area contributed by atoms with Gasteiger partial charge in [-0.05, 0) is 34.1 Å². The molecule has 5 nitrogen and oxygen atoms in total. The molecule has 0 saturated heterocycles. The normalized spacial score (nSPS) is 11.5. The molecule has 126 valence electrons. The fraction of sp³-hybridized carbons (Fsp3) is 0.222. The largest absolute Gasteiger partial charge is 0.496 e. The molecule has 2 rings (SSSR count). The number of methoxy groups -OCH3 is 1. The maximum atomic E-state index is 12.5. The molecule has 2 aromatic carbocycles. The number of rotatable bonds is 5. The fourth-order valence-corrected chi connectivity index (χ4v) is 2.63. The summed E-state index contributed by atoms with van der Waals surface area (Å²) in [6.07, 6.45) is -0.991. The lowest BCUT2D eigenvalue weighted by atomic mass is 10.1. The summed E-state index contributed by atoms with van der Waals surface area (Å²) >= 11 is 3.33. The van der Waals surface area contributed by atoms with E-state index in [4.69, 9.17) is 9.47 Å². The van der Waals surface area contributed by atoms with Gasteiger partial charge in [-0.15, -0.1) is 0 Å². The minimum atomic E-state index is -0.991. The van der Waals surface area contributed by atoms with Gasteiger partial charge in [0.15, 0.2) is 0 Å². The molecule has 0 heterocycles. The molecule has 0 aliphatic heterocycles. The SMILES string of the molecule is COc1ccc(C(=O)O[C@H](C(=O)N(C)C)c2ccccc2)cc1Br. The van der Waals surface area contributed by atoms with Crippen molar-refractivity contribution in [2.24, 2.45) is 0 Å². The summed E-state index contributed by atoms with van der Waals surface area (Å²) in [5.41, 5.74) is 0.951. The summed E-state index contributed by atoms with van der Waals surface area (Å²) in [6, 6.07) is 13.8. The van der Waals surface area contributed by atoms with Gasteiger partial charge in [0.1, 0.15) is 5.75 Å².